The molecule has 6 heteroatoms. The Morgan fingerprint density at radius 3 is 1.64 bits per heavy atom. The van der Waals surface area contributed by atoms with Gasteiger partial charge in [0.15, 0.2) is 5.78 Å². The quantitative estimate of drug-likeness (QED) is 0.0412. The number of nitrogens with zero attached hydrogens (tertiary/aromatic N) is 3. The summed E-state index contributed by atoms with van der Waals surface area (Å²) in [6, 6.07) is 37.2. The maximum atomic E-state index is 14.0. The summed E-state index contributed by atoms with van der Waals surface area (Å²) in [5, 5.41) is 0. The summed E-state index contributed by atoms with van der Waals surface area (Å²) in [5.74, 6) is 7.83. The van der Waals surface area contributed by atoms with E-state index in [0.29, 0.717) is 41.4 Å². The molecule has 6 nitrogen and oxygen atoms in total. The van der Waals surface area contributed by atoms with Gasteiger partial charge in [-0.25, -0.2) is 4.98 Å². The summed E-state index contributed by atoms with van der Waals surface area (Å²) in [6.07, 6.45) is 17.4. The molecule has 6 rings (SSSR count). The Labute approximate surface area is 345 Å². The topological polar surface area (TPSA) is 74.2 Å². The average Bonchev–Trinajstić information content (AvgIpc) is 3.28. The third-order valence-electron chi connectivity index (χ3n) is 10.1. The van der Waals surface area contributed by atoms with Crippen molar-refractivity contribution in [1.82, 2.24) is 15.0 Å². The fraction of sp³-hybridized carbons (Fsp3) is 0.308. The Morgan fingerprint density at radius 2 is 1.07 bits per heavy atom. The number of unbranched alkanes of at least 4 members (excludes halogenated alkanes) is 10. The number of hydrogen-bond donors (Lipinski definition) is 0. The lowest BCUT2D eigenvalue weighted by atomic mass is 9.99. The van der Waals surface area contributed by atoms with Gasteiger partial charge < -0.3 is 9.47 Å². The van der Waals surface area contributed by atoms with E-state index >= 15 is 0 Å². The van der Waals surface area contributed by atoms with E-state index in [0.717, 1.165) is 65.1 Å². The zero-order valence-electron chi connectivity index (χ0n) is 34.1. The molecule has 0 aliphatic carbocycles. The molecule has 0 saturated heterocycles. The van der Waals surface area contributed by atoms with Crippen LogP contribution in [0.3, 0.4) is 0 Å². The Hall–Kier alpha value is -6.06. The number of ketones is 1. The molecule has 3 aromatic carbocycles. The molecule has 0 amide bonds. The zero-order valence-corrected chi connectivity index (χ0v) is 34.1. The van der Waals surface area contributed by atoms with Crippen LogP contribution >= 0.6 is 0 Å². The second-order valence-electron chi connectivity index (χ2n) is 14.7. The van der Waals surface area contributed by atoms with Crippen LogP contribution in [0.4, 0.5) is 0 Å². The van der Waals surface area contributed by atoms with Gasteiger partial charge in [-0.3, -0.25) is 14.8 Å². The van der Waals surface area contributed by atoms with E-state index in [1.807, 2.05) is 91.0 Å². The number of benzene rings is 3. The van der Waals surface area contributed by atoms with Crippen LogP contribution < -0.4 is 9.47 Å². The molecule has 0 bridgehead atoms. The summed E-state index contributed by atoms with van der Waals surface area (Å²) < 4.78 is 12.8. The molecule has 6 aromatic rings. The van der Waals surface area contributed by atoms with Crippen LogP contribution in [0.1, 0.15) is 118 Å². The van der Waals surface area contributed by atoms with Crippen molar-refractivity contribution in [1.29, 1.82) is 0 Å². The van der Waals surface area contributed by atoms with Crippen LogP contribution in [0, 0.1) is 11.8 Å². The minimum absolute atomic E-state index is 0.0911. The Balaban J connectivity index is 1.29. The predicted octanol–water partition coefficient (Wildman–Crippen LogP) is 13.0. The molecule has 3 aromatic heterocycles. The monoisotopic (exact) mass is 769 g/mol. The van der Waals surface area contributed by atoms with E-state index in [1.165, 1.54) is 51.4 Å². The summed E-state index contributed by atoms with van der Waals surface area (Å²) in [5.41, 5.74) is 7.85. The van der Waals surface area contributed by atoms with Crippen molar-refractivity contribution in [2.75, 3.05) is 13.2 Å². The summed E-state index contributed by atoms with van der Waals surface area (Å²) in [4.78, 5) is 28.0. The molecule has 0 atom stereocenters. The highest BCUT2D eigenvalue weighted by atomic mass is 16.5. The number of carbonyl (C=O) groups is 1. The van der Waals surface area contributed by atoms with Gasteiger partial charge in [0.1, 0.15) is 11.5 Å². The van der Waals surface area contributed by atoms with Gasteiger partial charge in [-0.15, -0.1) is 0 Å². The van der Waals surface area contributed by atoms with Crippen molar-refractivity contribution in [3.63, 3.8) is 0 Å². The number of ether oxygens (including phenoxy) is 2. The van der Waals surface area contributed by atoms with Gasteiger partial charge in [-0.05, 0) is 78.6 Å². The first-order chi connectivity index (χ1) is 28.6. The highest BCUT2D eigenvalue weighted by Gasteiger charge is 2.19. The van der Waals surface area contributed by atoms with Gasteiger partial charge in [-0.2, -0.15) is 0 Å². The van der Waals surface area contributed by atoms with Gasteiger partial charge in [0.25, 0.3) is 0 Å². The molecular formula is C52H55N3O3. The number of carbonyl (C=O) groups excluding carboxylic acids is 1. The Kier molecular flexibility index (Phi) is 16.2. The lowest BCUT2D eigenvalue weighted by Crippen LogP contribution is -2.09. The molecule has 296 valence electrons. The number of pyridine rings is 3. The second kappa shape index (κ2) is 22.6. The summed E-state index contributed by atoms with van der Waals surface area (Å²) in [7, 11) is 0. The first-order valence-corrected chi connectivity index (χ1v) is 21.1. The molecule has 0 aliphatic heterocycles. The van der Waals surface area contributed by atoms with Gasteiger partial charge in [0.05, 0.1) is 47.1 Å². The molecule has 3 heterocycles. The lowest BCUT2D eigenvalue weighted by molar-refractivity contribution is 0.103. The highest BCUT2D eigenvalue weighted by Crippen LogP contribution is 2.32. The van der Waals surface area contributed by atoms with E-state index in [2.05, 4.69) is 59.9 Å². The fourth-order valence-electron chi connectivity index (χ4n) is 6.82. The third-order valence-corrected chi connectivity index (χ3v) is 10.1. The molecule has 0 radical (unpaired) electrons. The predicted molar refractivity (Wildman–Crippen MR) is 236 cm³/mol. The average molecular weight is 770 g/mol. The van der Waals surface area contributed by atoms with Gasteiger partial charge in [0.2, 0.25) is 0 Å². The molecule has 0 unspecified atom stereocenters. The number of rotatable bonds is 21. The SMILES string of the molecule is CCCCCCCCOc1cc(C(=O)c2ccccc2)c(OCCCCCCCC)cc1C#Cc1ccc(-c2cc(-c3ccccn3)nc(-c3ccccn3)c2)cc1. The highest BCUT2D eigenvalue weighted by molar-refractivity contribution is 6.11. The van der Waals surface area contributed by atoms with E-state index in [-0.39, 0.29) is 5.78 Å². The summed E-state index contributed by atoms with van der Waals surface area (Å²) in [6.45, 7) is 5.55. The minimum atomic E-state index is -0.0911. The smallest absolute Gasteiger partial charge is 0.196 e. The molecule has 0 spiro atoms. The molecule has 0 N–H and O–H groups in total. The molecule has 0 aliphatic rings. The van der Waals surface area contributed by atoms with Gasteiger partial charge in [0, 0.05) is 29.6 Å². The van der Waals surface area contributed by atoms with Crippen LogP contribution in [-0.4, -0.2) is 33.9 Å². The minimum Gasteiger partial charge on any atom is -0.493 e. The Morgan fingerprint density at radius 1 is 0.517 bits per heavy atom. The van der Waals surface area contributed by atoms with Gasteiger partial charge >= 0.3 is 0 Å². The van der Waals surface area contributed by atoms with Crippen molar-refractivity contribution in [3.05, 3.63) is 150 Å². The van der Waals surface area contributed by atoms with E-state index in [9.17, 15) is 4.79 Å². The maximum absolute atomic E-state index is 14.0. The largest absolute Gasteiger partial charge is 0.493 e. The van der Waals surface area contributed by atoms with E-state index in [1.54, 1.807) is 12.4 Å². The number of aromatic nitrogens is 3. The lowest BCUT2D eigenvalue weighted by Gasteiger charge is -2.16. The molecule has 58 heavy (non-hydrogen) atoms. The van der Waals surface area contributed by atoms with Crippen molar-refractivity contribution in [2.45, 2.75) is 90.9 Å². The first-order valence-electron chi connectivity index (χ1n) is 21.1. The Bertz CT molecular complexity index is 2170. The maximum Gasteiger partial charge on any atom is 0.196 e. The van der Waals surface area contributed by atoms with E-state index in [4.69, 9.17) is 14.5 Å². The normalized spacial score (nSPS) is 10.8. The third kappa shape index (κ3) is 12.2. The standard InChI is InChI=1S/C52H55N3O3/c1-3-5-7-9-11-20-34-57-50-39-45(52(56)42-22-14-13-15-23-42)51(58-35-21-12-10-8-6-4-2)38-43(50)31-28-40-26-29-41(30-27-40)44-36-48(46-24-16-18-32-53-46)55-49(37-44)47-25-17-19-33-54-47/h13-19,22-27,29-30,32-33,36-39H,3-12,20-21,34-35H2,1-2H3. The van der Waals surface area contributed by atoms with E-state index < -0.39 is 0 Å². The van der Waals surface area contributed by atoms with Crippen molar-refractivity contribution in [2.24, 2.45) is 0 Å². The van der Waals surface area contributed by atoms with Crippen LogP contribution in [-0.2, 0) is 0 Å². The van der Waals surface area contributed by atoms with Crippen LogP contribution in [0.15, 0.2) is 128 Å². The van der Waals surface area contributed by atoms with Crippen LogP contribution in [0.2, 0.25) is 0 Å². The van der Waals surface area contributed by atoms with Crippen molar-refractivity contribution >= 4 is 5.78 Å². The zero-order chi connectivity index (χ0) is 40.2. The molecule has 0 fully saturated rings. The van der Waals surface area contributed by atoms with Crippen LogP contribution in [0.25, 0.3) is 33.9 Å². The first kappa shape index (κ1) is 41.6. The van der Waals surface area contributed by atoms with Gasteiger partial charge in [-0.1, -0.05) is 144 Å². The van der Waals surface area contributed by atoms with Crippen molar-refractivity contribution in [3.8, 4) is 57.2 Å². The number of hydrogen-bond acceptors (Lipinski definition) is 6. The molecule has 0 saturated carbocycles. The summed E-state index contributed by atoms with van der Waals surface area (Å²) >= 11 is 0. The molecular weight excluding hydrogens is 715 g/mol. The van der Waals surface area contributed by atoms with Crippen molar-refractivity contribution < 1.29 is 14.3 Å². The second-order valence-corrected chi connectivity index (χ2v) is 14.7. The fourth-order valence-corrected chi connectivity index (χ4v) is 6.82. The van der Waals surface area contributed by atoms with Crippen LogP contribution in [0.5, 0.6) is 11.5 Å².